The molecule has 4 heterocycles. The summed E-state index contributed by atoms with van der Waals surface area (Å²) < 4.78 is 15.4. The summed E-state index contributed by atoms with van der Waals surface area (Å²) in [6.07, 6.45) is 10.5. The first-order valence-corrected chi connectivity index (χ1v) is 13.6. The number of furan rings is 1. The largest absolute Gasteiger partial charge is 0.497 e. The van der Waals surface area contributed by atoms with Crippen molar-refractivity contribution in [3.63, 3.8) is 0 Å². The number of nitrogens with zero attached hydrogens (tertiary/aromatic N) is 5. The second-order valence-corrected chi connectivity index (χ2v) is 9.74. The van der Waals surface area contributed by atoms with E-state index in [4.69, 9.17) is 14.1 Å². The predicted molar refractivity (Wildman–Crippen MR) is 156 cm³/mol. The average Bonchev–Trinajstić information content (AvgIpc) is 3.78. The number of imidazole rings is 2. The number of nitrogens with one attached hydrogen (secondary N) is 1. The van der Waals surface area contributed by atoms with Crippen molar-refractivity contribution in [3.8, 4) is 22.7 Å². The van der Waals surface area contributed by atoms with Gasteiger partial charge in [0.15, 0.2) is 5.76 Å². The smallest absolute Gasteiger partial charge is 0.287 e. The van der Waals surface area contributed by atoms with Gasteiger partial charge >= 0.3 is 0 Å². The van der Waals surface area contributed by atoms with Crippen LogP contribution >= 0.6 is 0 Å². The van der Waals surface area contributed by atoms with Gasteiger partial charge in [-0.25, -0.2) is 9.97 Å². The highest BCUT2D eigenvalue weighted by atomic mass is 16.5. The van der Waals surface area contributed by atoms with Crippen molar-refractivity contribution < 1.29 is 13.9 Å². The molecule has 4 aromatic heterocycles. The molecule has 6 rings (SSSR count). The lowest BCUT2D eigenvalue weighted by Gasteiger charge is -2.20. The Kier molecular flexibility index (Phi) is 7.32. The van der Waals surface area contributed by atoms with E-state index in [1.54, 1.807) is 38.0 Å². The fourth-order valence-electron chi connectivity index (χ4n) is 5.00. The summed E-state index contributed by atoms with van der Waals surface area (Å²) in [6, 6.07) is 20.8. The number of carbonyl (C=O) groups is 1. The van der Waals surface area contributed by atoms with Crippen LogP contribution in [0.3, 0.4) is 0 Å². The number of methoxy groups -OCH3 is 1. The van der Waals surface area contributed by atoms with Crippen molar-refractivity contribution in [1.82, 2.24) is 29.4 Å². The molecule has 0 aliphatic heterocycles. The van der Waals surface area contributed by atoms with Crippen LogP contribution in [0.15, 0.2) is 102 Å². The van der Waals surface area contributed by atoms with Gasteiger partial charge in [0.05, 0.1) is 31.4 Å². The van der Waals surface area contributed by atoms with Crippen LogP contribution in [0.25, 0.3) is 27.9 Å². The molecule has 6 aromatic rings. The van der Waals surface area contributed by atoms with Gasteiger partial charge in [-0.1, -0.05) is 25.1 Å². The number of pyridine rings is 1. The molecule has 0 saturated heterocycles. The average molecular weight is 547 g/mol. The van der Waals surface area contributed by atoms with Gasteiger partial charge in [-0.2, -0.15) is 0 Å². The van der Waals surface area contributed by atoms with Crippen molar-refractivity contribution in [3.05, 3.63) is 115 Å². The van der Waals surface area contributed by atoms with Gasteiger partial charge in [-0.3, -0.25) is 9.78 Å². The van der Waals surface area contributed by atoms with Gasteiger partial charge in [0.1, 0.15) is 17.2 Å². The number of amides is 1. The van der Waals surface area contributed by atoms with Gasteiger partial charge in [0.2, 0.25) is 0 Å². The van der Waals surface area contributed by atoms with Crippen molar-refractivity contribution in [2.24, 2.45) is 0 Å². The number of fused-ring (bicyclic) bond motifs is 1. The van der Waals surface area contributed by atoms with Gasteiger partial charge in [-0.05, 0) is 60.5 Å². The molecule has 0 aliphatic rings. The van der Waals surface area contributed by atoms with E-state index in [2.05, 4.69) is 51.0 Å². The van der Waals surface area contributed by atoms with Crippen molar-refractivity contribution in [2.75, 3.05) is 7.11 Å². The van der Waals surface area contributed by atoms with Crippen LogP contribution in [0.2, 0.25) is 0 Å². The Labute approximate surface area is 237 Å². The minimum atomic E-state index is -0.439. The van der Waals surface area contributed by atoms with E-state index in [1.807, 2.05) is 47.3 Å². The SMILES string of the molecule is CCCn1c(-c2ccc(-n3ccnc3)cc2)cnc1C(Cc1ccccn1)NC(=O)c1cc2cc(OC)ccc2o1. The minimum Gasteiger partial charge on any atom is -0.497 e. The van der Waals surface area contributed by atoms with Crippen LogP contribution in [-0.2, 0) is 13.0 Å². The predicted octanol–water partition coefficient (Wildman–Crippen LogP) is 6.01. The number of hydrogen-bond acceptors (Lipinski definition) is 6. The standard InChI is InChI=1S/C32H30N6O3/c1-3-15-38-28(22-7-9-25(10-8-22)37-16-14-33-21-37)20-35-31(38)27(19-24-6-4-5-13-34-24)36-32(39)30-18-23-17-26(40-2)11-12-29(23)41-30/h4-14,16-18,20-21,27H,3,15,19H2,1-2H3,(H,36,39). The third-order valence-corrected chi connectivity index (χ3v) is 7.00. The van der Waals surface area contributed by atoms with Crippen LogP contribution in [0.4, 0.5) is 0 Å². The number of rotatable bonds is 10. The Morgan fingerprint density at radius 1 is 1.05 bits per heavy atom. The normalized spacial score (nSPS) is 12.0. The first kappa shape index (κ1) is 26.1. The zero-order chi connectivity index (χ0) is 28.2. The number of aromatic nitrogens is 5. The van der Waals surface area contributed by atoms with E-state index in [-0.39, 0.29) is 11.7 Å². The second kappa shape index (κ2) is 11.5. The second-order valence-electron chi connectivity index (χ2n) is 9.74. The summed E-state index contributed by atoms with van der Waals surface area (Å²) in [7, 11) is 1.61. The molecule has 0 saturated carbocycles. The molecule has 0 spiro atoms. The Morgan fingerprint density at radius 3 is 2.66 bits per heavy atom. The van der Waals surface area contributed by atoms with E-state index < -0.39 is 6.04 Å². The minimum absolute atomic E-state index is 0.225. The molecular weight excluding hydrogens is 516 g/mol. The molecule has 0 aliphatic carbocycles. The fraction of sp³-hybridized carbons (Fsp3) is 0.188. The van der Waals surface area contributed by atoms with E-state index in [0.717, 1.165) is 46.8 Å². The van der Waals surface area contributed by atoms with Crippen molar-refractivity contribution in [1.29, 1.82) is 0 Å². The van der Waals surface area contributed by atoms with E-state index in [1.165, 1.54) is 0 Å². The topological polar surface area (TPSA) is 100 Å². The summed E-state index contributed by atoms with van der Waals surface area (Å²) in [5, 5.41) is 3.98. The lowest BCUT2D eigenvalue weighted by molar-refractivity contribution is 0.0908. The molecule has 1 amide bonds. The van der Waals surface area contributed by atoms with Gasteiger partial charge in [-0.15, -0.1) is 0 Å². The van der Waals surface area contributed by atoms with Crippen molar-refractivity contribution in [2.45, 2.75) is 32.4 Å². The molecule has 41 heavy (non-hydrogen) atoms. The monoisotopic (exact) mass is 546 g/mol. The first-order chi connectivity index (χ1) is 20.1. The molecule has 1 N–H and O–H groups in total. The van der Waals surface area contributed by atoms with Gasteiger partial charge in [0.25, 0.3) is 5.91 Å². The highest BCUT2D eigenvalue weighted by Gasteiger charge is 2.25. The molecule has 0 fully saturated rings. The van der Waals surface area contributed by atoms with Crippen LogP contribution < -0.4 is 10.1 Å². The van der Waals surface area contributed by atoms with Crippen LogP contribution in [0.1, 0.15) is 41.5 Å². The Balaban J connectivity index is 1.34. The van der Waals surface area contributed by atoms with Crippen LogP contribution in [-0.4, -0.2) is 37.1 Å². The highest BCUT2D eigenvalue weighted by Crippen LogP contribution is 2.28. The molecule has 2 aromatic carbocycles. The summed E-state index contributed by atoms with van der Waals surface area (Å²) in [5.41, 5.74) is 4.51. The number of ether oxygens (including phenoxy) is 1. The first-order valence-electron chi connectivity index (χ1n) is 13.6. The van der Waals surface area contributed by atoms with Crippen LogP contribution in [0.5, 0.6) is 5.75 Å². The summed E-state index contributed by atoms with van der Waals surface area (Å²) >= 11 is 0. The highest BCUT2D eigenvalue weighted by molar-refractivity contribution is 5.96. The zero-order valence-electron chi connectivity index (χ0n) is 22.9. The Bertz CT molecular complexity index is 1750. The quantitative estimate of drug-likeness (QED) is 0.226. The zero-order valence-corrected chi connectivity index (χ0v) is 22.9. The molecular formula is C32H30N6O3. The summed E-state index contributed by atoms with van der Waals surface area (Å²) in [6.45, 7) is 2.87. The maximum Gasteiger partial charge on any atom is 0.287 e. The van der Waals surface area contributed by atoms with Gasteiger partial charge in [0, 0.05) is 48.3 Å². The number of hydrogen-bond donors (Lipinski definition) is 1. The summed E-state index contributed by atoms with van der Waals surface area (Å²) in [4.78, 5) is 27.0. The third kappa shape index (κ3) is 5.47. The molecule has 0 radical (unpaired) electrons. The maximum absolute atomic E-state index is 13.5. The lowest BCUT2D eigenvalue weighted by Crippen LogP contribution is -2.32. The molecule has 1 unspecified atom stereocenters. The molecule has 0 bridgehead atoms. The number of benzene rings is 2. The van der Waals surface area contributed by atoms with Gasteiger partial charge < -0.3 is 23.6 Å². The van der Waals surface area contributed by atoms with E-state index in [9.17, 15) is 4.79 Å². The van der Waals surface area contributed by atoms with Crippen molar-refractivity contribution >= 4 is 16.9 Å². The molecule has 1 atom stereocenters. The Hall–Kier alpha value is -5.18. The molecule has 9 nitrogen and oxygen atoms in total. The Morgan fingerprint density at radius 2 is 1.93 bits per heavy atom. The molecule has 206 valence electrons. The lowest BCUT2D eigenvalue weighted by atomic mass is 10.1. The molecule has 9 heteroatoms. The van der Waals surface area contributed by atoms with E-state index in [0.29, 0.717) is 17.8 Å². The maximum atomic E-state index is 13.5. The van der Waals surface area contributed by atoms with Crippen LogP contribution in [0, 0.1) is 0 Å². The number of carbonyl (C=O) groups excluding carboxylic acids is 1. The van der Waals surface area contributed by atoms with E-state index >= 15 is 0 Å². The summed E-state index contributed by atoms with van der Waals surface area (Å²) in [5.74, 6) is 1.37. The fourth-order valence-corrected chi connectivity index (χ4v) is 5.00. The third-order valence-electron chi connectivity index (χ3n) is 7.00.